The molecule has 1 fully saturated rings. The van der Waals surface area contributed by atoms with Gasteiger partial charge >= 0.3 is 0 Å². The fourth-order valence-corrected chi connectivity index (χ4v) is 4.28. The fraction of sp³-hybridized carbons (Fsp3) is 0.524. The molecule has 1 aliphatic heterocycles. The molecule has 28 heavy (non-hydrogen) atoms. The Labute approximate surface area is 189 Å². The average Bonchev–Trinajstić information content (AvgIpc) is 3.32. The quantitative estimate of drug-likeness (QED) is 0.367. The van der Waals surface area contributed by atoms with Crippen LogP contribution in [0.15, 0.2) is 34.6 Å². The Morgan fingerprint density at radius 2 is 2.04 bits per heavy atom. The highest BCUT2D eigenvalue weighted by atomic mass is 127. The second-order valence-corrected chi connectivity index (χ2v) is 8.92. The van der Waals surface area contributed by atoms with Crippen LogP contribution < -0.4 is 10.1 Å². The first-order valence-corrected chi connectivity index (χ1v) is 10.3. The molecule has 2 aromatic rings. The van der Waals surface area contributed by atoms with E-state index in [1.165, 1.54) is 5.56 Å². The van der Waals surface area contributed by atoms with E-state index in [0.717, 1.165) is 48.5 Å². The summed E-state index contributed by atoms with van der Waals surface area (Å²) in [6.07, 6.45) is 1.14. The minimum atomic E-state index is 0. The molecule has 0 radical (unpaired) electrons. The van der Waals surface area contributed by atoms with Gasteiger partial charge in [0.25, 0.3) is 0 Å². The summed E-state index contributed by atoms with van der Waals surface area (Å²) in [5.74, 6) is 2.39. The summed E-state index contributed by atoms with van der Waals surface area (Å²) in [5.41, 5.74) is 2.61. The van der Waals surface area contributed by atoms with Gasteiger partial charge in [-0.25, -0.2) is 4.98 Å². The summed E-state index contributed by atoms with van der Waals surface area (Å²) in [7, 11) is 3.56. The Morgan fingerprint density at radius 3 is 2.61 bits per heavy atom. The maximum Gasteiger partial charge on any atom is 0.194 e. The maximum absolute atomic E-state index is 5.26. The maximum atomic E-state index is 5.26. The van der Waals surface area contributed by atoms with Crippen LogP contribution in [-0.2, 0) is 12.0 Å². The number of halogens is 1. The molecule has 1 atom stereocenters. The number of guanidine groups is 1. The normalized spacial score (nSPS) is 17.4. The summed E-state index contributed by atoms with van der Waals surface area (Å²) in [5, 5.41) is 6.75. The van der Waals surface area contributed by atoms with E-state index in [4.69, 9.17) is 9.72 Å². The highest BCUT2D eigenvalue weighted by Crippen LogP contribution is 2.28. The number of aromatic nitrogens is 1. The van der Waals surface area contributed by atoms with Crippen molar-refractivity contribution in [3.05, 3.63) is 45.9 Å². The molecular formula is C21H31IN4OS. The number of thiazole rings is 1. The van der Waals surface area contributed by atoms with Crippen molar-refractivity contribution in [3.63, 3.8) is 0 Å². The van der Waals surface area contributed by atoms with Crippen molar-refractivity contribution in [1.29, 1.82) is 0 Å². The lowest BCUT2D eigenvalue weighted by Crippen LogP contribution is -2.39. The number of nitrogens with zero attached hydrogens (tertiary/aromatic N) is 3. The highest BCUT2D eigenvalue weighted by Gasteiger charge is 2.26. The van der Waals surface area contributed by atoms with Crippen LogP contribution in [0.25, 0.3) is 0 Å². The average molecular weight is 514 g/mol. The zero-order valence-electron chi connectivity index (χ0n) is 17.4. The van der Waals surface area contributed by atoms with Crippen molar-refractivity contribution in [2.75, 3.05) is 27.2 Å². The van der Waals surface area contributed by atoms with E-state index in [0.29, 0.717) is 5.92 Å². The molecule has 0 bridgehead atoms. The van der Waals surface area contributed by atoms with Crippen LogP contribution in [0.4, 0.5) is 0 Å². The number of aliphatic imine (C=N–C) groups is 1. The second kappa shape index (κ2) is 9.91. The summed E-state index contributed by atoms with van der Waals surface area (Å²) in [6, 6.07) is 8.43. The van der Waals surface area contributed by atoms with Crippen LogP contribution in [0.2, 0.25) is 0 Å². The Hall–Kier alpha value is -1.35. The SMILES string of the molecule is CN=C(NCc1nc(C(C)(C)C)cs1)N1CCC(c2ccc(OC)cc2)C1.I. The van der Waals surface area contributed by atoms with E-state index < -0.39 is 0 Å². The summed E-state index contributed by atoms with van der Waals surface area (Å²) >= 11 is 1.71. The van der Waals surface area contributed by atoms with Gasteiger partial charge in [0.15, 0.2) is 5.96 Å². The number of nitrogens with one attached hydrogen (secondary N) is 1. The van der Waals surface area contributed by atoms with E-state index in [2.05, 4.69) is 53.5 Å². The van der Waals surface area contributed by atoms with E-state index in [-0.39, 0.29) is 29.4 Å². The monoisotopic (exact) mass is 514 g/mol. The minimum Gasteiger partial charge on any atom is -0.497 e. The summed E-state index contributed by atoms with van der Waals surface area (Å²) < 4.78 is 5.26. The minimum absolute atomic E-state index is 0. The molecule has 1 unspecified atom stereocenters. The van der Waals surface area contributed by atoms with Crippen molar-refractivity contribution in [2.24, 2.45) is 4.99 Å². The fourth-order valence-electron chi connectivity index (χ4n) is 3.32. The van der Waals surface area contributed by atoms with Crippen LogP contribution in [0.3, 0.4) is 0 Å². The molecule has 1 aliphatic rings. The first kappa shape index (κ1) is 22.9. The third-order valence-electron chi connectivity index (χ3n) is 5.00. The molecule has 0 spiro atoms. The number of hydrogen-bond acceptors (Lipinski definition) is 4. The zero-order chi connectivity index (χ0) is 19.4. The van der Waals surface area contributed by atoms with Gasteiger partial charge < -0.3 is 15.0 Å². The Balaban J connectivity index is 0.00000280. The number of methoxy groups -OCH3 is 1. The number of rotatable bonds is 4. The summed E-state index contributed by atoms with van der Waals surface area (Å²) in [6.45, 7) is 9.31. The van der Waals surface area contributed by atoms with Gasteiger partial charge in [-0.15, -0.1) is 35.3 Å². The second-order valence-electron chi connectivity index (χ2n) is 7.98. The lowest BCUT2D eigenvalue weighted by Gasteiger charge is -2.21. The lowest BCUT2D eigenvalue weighted by atomic mass is 9.93. The van der Waals surface area contributed by atoms with Crippen LogP contribution in [0, 0.1) is 0 Å². The van der Waals surface area contributed by atoms with E-state index in [1.54, 1.807) is 18.4 Å². The van der Waals surface area contributed by atoms with Crippen LogP contribution in [0.1, 0.15) is 49.4 Å². The predicted molar refractivity (Wildman–Crippen MR) is 128 cm³/mol. The molecule has 0 amide bonds. The van der Waals surface area contributed by atoms with Gasteiger partial charge in [-0.1, -0.05) is 32.9 Å². The smallest absolute Gasteiger partial charge is 0.194 e. The number of benzene rings is 1. The highest BCUT2D eigenvalue weighted by molar-refractivity contribution is 14.0. The molecule has 0 aliphatic carbocycles. The van der Waals surface area contributed by atoms with Crippen molar-refractivity contribution >= 4 is 41.3 Å². The van der Waals surface area contributed by atoms with Crippen LogP contribution >= 0.6 is 35.3 Å². The molecule has 1 saturated heterocycles. The first-order chi connectivity index (χ1) is 12.9. The molecule has 0 saturated carbocycles. The first-order valence-electron chi connectivity index (χ1n) is 9.45. The third-order valence-corrected chi connectivity index (χ3v) is 5.85. The van der Waals surface area contributed by atoms with Crippen molar-refractivity contribution in [3.8, 4) is 5.75 Å². The van der Waals surface area contributed by atoms with Gasteiger partial charge in [0.2, 0.25) is 0 Å². The van der Waals surface area contributed by atoms with E-state index in [9.17, 15) is 0 Å². The van der Waals surface area contributed by atoms with Crippen molar-refractivity contribution in [2.45, 2.75) is 45.1 Å². The van der Waals surface area contributed by atoms with Crippen molar-refractivity contribution in [1.82, 2.24) is 15.2 Å². The molecule has 3 rings (SSSR count). The molecule has 7 heteroatoms. The van der Waals surface area contributed by atoms with Crippen LogP contribution in [-0.4, -0.2) is 43.1 Å². The topological polar surface area (TPSA) is 49.8 Å². The zero-order valence-corrected chi connectivity index (χ0v) is 20.5. The van der Waals surface area contributed by atoms with Crippen molar-refractivity contribution < 1.29 is 4.74 Å². The van der Waals surface area contributed by atoms with Gasteiger partial charge in [-0.2, -0.15) is 0 Å². The van der Waals surface area contributed by atoms with Gasteiger partial charge in [-0.05, 0) is 24.1 Å². The molecule has 1 N–H and O–H groups in total. The van der Waals surface area contributed by atoms with Crippen LogP contribution in [0.5, 0.6) is 5.75 Å². The van der Waals surface area contributed by atoms with E-state index in [1.807, 2.05) is 19.2 Å². The molecule has 1 aromatic heterocycles. The molecule has 1 aromatic carbocycles. The Kier molecular flexibility index (Phi) is 8.12. The molecule has 5 nitrogen and oxygen atoms in total. The van der Waals surface area contributed by atoms with Gasteiger partial charge in [0.1, 0.15) is 10.8 Å². The lowest BCUT2D eigenvalue weighted by molar-refractivity contribution is 0.414. The molecule has 2 heterocycles. The Bertz CT molecular complexity index is 782. The largest absolute Gasteiger partial charge is 0.497 e. The number of ether oxygens (including phenoxy) is 1. The van der Waals surface area contributed by atoms with Gasteiger partial charge in [-0.3, -0.25) is 4.99 Å². The van der Waals surface area contributed by atoms with E-state index >= 15 is 0 Å². The summed E-state index contributed by atoms with van der Waals surface area (Å²) in [4.78, 5) is 11.6. The number of hydrogen-bond donors (Lipinski definition) is 1. The van der Waals surface area contributed by atoms with Gasteiger partial charge in [0, 0.05) is 36.9 Å². The molecular weight excluding hydrogens is 483 g/mol. The Morgan fingerprint density at radius 1 is 1.32 bits per heavy atom. The third kappa shape index (κ3) is 5.59. The standard InChI is InChI=1S/C21H30N4OS.HI/c1-21(2,3)18-14-27-19(24-18)12-23-20(22-4)25-11-10-16(13-25)15-6-8-17(26-5)9-7-15;/h6-9,14,16H,10-13H2,1-5H3,(H,22,23);1H. The van der Waals surface area contributed by atoms with Gasteiger partial charge in [0.05, 0.1) is 19.3 Å². The molecule has 154 valence electrons. The predicted octanol–water partition coefficient (Wildman–Crippen LogP) is 4.63. The number of likely N-dealkylation sites (tertiary alicyclic amines) is 1.